The topological polar surface area (TPSA) is 25.3 Å². The lowest BCUT2D eigenvalue weighted by molar-refractivity contribution is 0.253. The summed E-state index contributed by atoms with van der Waals surface area (Å²) < 4.78 is 0. The van der Waals surface area contributed by atoms with Crippen LogP contribution in [0, 0.1) is 0 Å². The summed E-state index contributed by atoms with van der Waals surface area (Å²) >= 11 is 0. The molecule has 0 aromatic heterocycles. The highest BCUT2D eigenvalue weighted by atomic mass is 15.6. The van der Waals surface area contributed by atoms with Crippen molar-refractivity contribution < 1.29 is 0 Å². The summed E-state index contributed by atoms with van der Waals surface area (Å²) in [7, 11) is 4.07. The summed E-state index contributed by atoms with van der Waals surface area (Å²) in [6.45, 7) is 28.7. The summed E-state index contributed by atoms with van der Waals surface area (Å²) in [5.41, 5.74) is 3.78. The molecule has 5 heteroatoms. The maximum atomic E-state index is 4.48. The summed E-state index contributed by atoms with van der Waals surface area (Å²) in [6.07, 6.45) is 12.9. The van der Waals surface area contributed by atoms with Crippen molar-refractivity contribution in [3.05, 3.63) is 85.7 Å². The third-order valence-electron chi connectivity index (χ3n) is 5.45. The average molecular weight is 424 g/mol. The van der Waals surface area contributed by atoms with Gasteiger partial charge in [-0.2, -0.15) is 5.10 Å². The first kappa shape index (κ1) is 26.1. The minimum atomic E-state index is 0.318. The fourth-order valence-corrected chi connectivity index (χ4v) is 2.95. The Morgan fingerprint density at radius 1 is 1.00 bits per heavy atom. The van der Waals surface area contributed by atoms with E-state index in [1.54, 1.807) is 6.34 Å². The molecular weight excluding hydrogens is 382 g/mol. The highest BCUT2D eigenvalue weighted by Crippen LogP contribution is 2.24. The van der Waals surface area contributed by atoms with Gasteiger partial charge in [-0.25, -0.2) is 5.01 Å². The summed E-state index contributed by atoms with van der Waals surface area (Å²) in [4.78, 5) is 6.15. The fraction of sp³-hybridized carbons (Fsp3) is 0.423. The predicted molar refractivity (Wildman–Crippen MR) is 136 cm³/mol. The monoisotopic (exact) mass is 423 g/mol. The molecule has 0 aromatic rings. The normalized spacial score (nSPS) is 14.5. The van der Waals surface area contributed by atoms with Crippen molar-refractivity contribution in [2.75, 3.05) is 27.2 Å². The van der Waals surface area contributed by atoms with Crippen LogP contribution in [0.4, 0.5) is 0 Å². The maximum Gasteiger partial charge on any atom is 0.128 e. The van der Waals surface area contributed by atoms with Gasteiger partial charge in [0.15, 0.2) is 0 Å². The standard InChI is InChI=1S/C26H41N5/c1-11-13-25(7)31-26(8)30(20-27-31)24(6)17-16-23(5)29(10)19-18-28(9)22(4)15-14-21(3)12-2/h14-17,20,25H,3-6,8,11-13,18-19H2,1-2,7,9-10H3/b15-14-,17-16-. The molecule has 1 aliphatic heterocycles. The minimum Gasteiger partial charge on any atom is -0.373 e. The lowest BCUT2D eigenvalue weighted by Gasteiger charge is -2.27. The molecule has 0 bridgehead atoms. The van der Waals surface area contributed by atoms with E-state index in [0.717, 1.165) is 60.8 Å². The van der Waals surface area contributed by atoms with Gasteiger partial charge in [-0.3, -0.25) is 4.90 Å². The van der Waals surface area contributed by atoms with E-state index >= 15 is 0 Å². The van der Waals surface area contributed by atoms with Gasteiger partial charge >= 0.3 is 0 Å². The Balaban J connectivity index is 2.53. The molecule has 0 saturated heterocycles. The molecule has 0 N–H and O–H groups in total. The Morgan fingerprint density at radius 2 is 1.55 bits per heavy atom. The number of hydrogen-bond acceptors (Lipinski definition) is 5. The third-order valence-corrected chi connectivity index (χ3v) is 5.45. The van der Waals surface area contributed by atoms with E-state index in [4.69, 9.17) is 0 Å². The van der Waals surface area contributed by atoms with E-state index in [2.05, 4.69) is 68.6 Å². The highest BCUT2D eigenvalue weighted by Gasteiger charge is 2.24. The zero-order valence-electron chi connectivity index (χ0n) is 20.3. The molecule has 31 heavy (non-hydrogen) atoms. The Morgan fingerprint density at radius 3 is 2.06 bits per heavy atom. The van der Waals surface area contributed by atoms with Crippen LogP contribution in [0.1, 0.15) is 40.0 Å². The fourth-order valence-electron chi connectivity index (χ4n) is 2.95. The van der Waals surface area contributed by atoms with Crippen molar-refractivity contribution in [1.29, 1.82) is 0 Å². The molecule has 1 unspecified atom stereocenters. The predicted octanol–water partition coefficient (Wildman–Crippen LogP) is 5.69. The molecule has 0 spiro atoms. The number of nitrogens with zero attached hydrogens (tertiary/aromatic N) is 5. The molecule has 0 aliphatic carbocycles. The van der Waals surface area contributed by atoms with Gasteiger partial charge in [0.2, 0.25) is 0 Å². The van der Waals surface area contributed by atoms with Gasteiger partial charge in [0.25, 0.3) is 0 Å². The van der Waals surface area contributed by atoms with Crippen molar-refractivity contribution in [2.45, 2.75) is 46.1 Å². The third kappa shape index (κ3) is 8.00. The van der Waals surface area contributed by atoms with Crippen molar-refractivity contribution in [2.24, 2.45) is 5.10 Å². The molecule has 0 radical (unpaired) electrons. The van der Waals surface area contributed by atoms with E-state index in [1.807, 2.05) is 48.3 Å². The molecule has 5 nitrogen and oxygen atoms in total. The Kier molecular flexibility index (Phi) is 10.7. The van der Waals surface area contributed by atoms with Gasteiger partial charge < -0.3 is 9.80 Å². The molecular formula is C26H41N5. The van der Waals surface area contributed by atoms with E-state index < -0.39 is 0 Å². The molecule has 0 saturated carbocycles. The van der Waals surface area contributed by atoms with Crippen LogP contribution < -0.4 is 0 Å². The second kappa shape index (κ2) is 12.7. The van der Waals surface area contributed by atoms with E-state index in [9.17, 15) is 0 Å². The number of hydrazone groups is 1. The minimum absolute atomic E-state index is 0.318. The summed E-state index contributed by atoms with van der Waals surface area (Å²) in [6, 6.07) is 0.318. The zero-order chi connectivity index (χ0) is 23.6. The Labute approximate surface area is 190 Å². The highest BCUT2D eigenvalue weighted by molar-refractivity contribution is 5.64. The Bertz CT molecular complexity index is 771. The molecule has 1 atom stereocenters. The number of rotatable bonds is 14. The van der Waals surface area contributed by atoms with Crippen LogP contribution in [0.15, 0.2) is 90.8 Å². The van der Waals surface area contributed by atoms with Crippen LogP contribution in [0.2, 0.25) is 0 Å². The van der Waals surface area contributed by atoms with Crippen molar-refractivity contribution in [3.8, 4) is 0 Å². The lowest BCUT2D eigenvalue weighted by Crippen LogP contribution is -2.29. The first-order valence-corrected chi connectivity index (χ1v) is 11.0. The number of allylic oxidation sites excluding steroid dienone is 5. The van der Waals surface area contributed by atoms with Gasteiger partial charge in [-0.1, -0.05) is 64.8 Å². The van der Waals surface area contributed by atoms with Crippen LogP contribution >= 0.6 is 0 Å². The molecule has 1 rings (SSSR count). The van der Waals surface area contributed by atoms with Crippen molar-refractivity contribution in [1.82, 2.24) is 19.7 Å². The van der Waals surface area contributed by atoms with Crippen LogP contribution in [0.25, 0.3) is 0 Å². The quantitative estimate of drug-likeness (QED) is 0.335. The van der Waals surface area contributed by atoms with E-state index in [1.165, 1.54) is 0 Å². The number of likely N-dealkylation sites (N-methyl/N-ethyl adjacent to an activating group) is 2. The second-order valence-corrected chi connectivity index (χ2v) is 8.00. The van der Waals surface area contributed by atoms with Gasteiger partial charge in [-0.15, -0.1) is 0 Å². The van der Waals surface area contributed by atoms with Gasteiger partial charge in [0.05, 0.1) is 6.04 Å². The molecule has 0 fully saturated rings. The maximum absolute atomic E-state index is 4.48. The van der Waals surface area contributed by atoms with Crippen molar-refractivity contribution >= 4 is 6.34 Å². The molecule has 1 aliphatic rings. The molecule has 1 heterocycles. The van der Waals surface area contributed by atoms with E-state index in [0.29, 0.717) is 6.04 Å². The average Bonchev–Trinajstić information content (AvgIpc) is 3.14. The van der Waals surface area contributed by atoms with Crippen LogP contribution in [-0.4, -0.2) is 59.3 Å². The largest absolute Gasteiger partial charge is 0.373 e. The summed E-state index contributed by atoms with van der Waals surface area (Å²) in [5.74, 6) is 0.827. The molecule has 0 amide bonds. The van der Waals surface area contributed by atoms with Gasteiger partial charge in [0.1, 0.15) is 12.2 Å². The van der Waals surface area contributed by atoms with Crippen LogP contribution in [-0.2, 0) is 0 Å². The molecule has 170 valence electrons. The lowest BCUT2D eigenvalue weighted by atomic mass is 10.2. The summed E-state index contributed by atoms with van der Waals surface area (Å²) in [5, 5.41) is 6.43. The van der Waals surface area contributed by atoms with E-state index in [-0.39, 0.29) is 0 Å². The van der Waals surface area contributed by atoms with Gasteiger partial charge in [-0.05, 0) is 38.0 Å². The number of hydrogen-bond donors (Lipinski definition) is 0. The van der Waals surface area contributed by atoms with Crippen molar-refractivity contribution in [3.63, 3.8) is 0 Å². The molecule has 0 aromatic carbocycles. The van der Waals surface area contributed by atoms with Gasteiger partial charge in [0, 0.05) is 44.3 Å². The Hall–Kier alpha value is -2.95. The SMILES string of the molecule is C=C(/C=C\C(=C)N(C)CCN(C)C(=C)/C=C\C(=C)N1C=NN(C(C)CCC)C1=C)CC. The second-order valence-electron chi connectivity index (χ2n) is 8.00. The first-order valence-electron chi connectivity index (χ1n) is 11.0. The zero-order valence-corrected chi connectivity index (χ0v) is 20.3. The van der Waals surface area contributed by atoms with Crippen LogP contribution in [0.5, 0.6) is 0 Å². The smallest absolute Gasteiger partial charge is 0.128 e. The first-order chi connectivity index (χ1) is 14.6. The van der Waals surface area contributed by atoms with Crippen LogP contribution in [0.3, 0.4) is 0 Å².